The van der Waals surface area contributed by atoms with Gasteiger partial charge in [-0.1, -0.05) is 24.3 Å². The SMILES string of the molecule is CNC1c2ccccc2CCC1N1CCC(N(C)C)C1. The number of rotatable bonds is 3. The molecule has 3 nitrogen and oxygen atoms in total. The van der Waals surface area contributed by atoms with Gasteiger partial charge in [0.15, 0.2) is 0 Å². The molecule has 0 amide bonds. The Labute approximate surface area is 123 Å². The molecule has 0 spiro atoms. The second-order valence-electron chi connectivity index (χ2n) is 6.47. The predicted molar refractivity (Wildman–Crippen MR) is 84.0 cm³/mol. The summed E-state index contributed by atoms with van der Waals surface area (Å²) < 4.78 is 0. The van der Waals surface area contributed by atoms with Gasteiger partial charge in [-0.2, -0.15) is 0 Å². The molecule has 0 aromatic heterocycles. The lowest BCUT2D eigenvalue weighted by Gasteiger charge is -2.39. The number of likely N-dealkylation sites (N-methyl/N-ethyl adjacent to an activating group) is 2. The average molecular weight is 273 g/mol. The van der Waals surface area contributed by atoms with Crippen LogP contribution in [0.25, 0.3) is 0 Å². The molecular weight excluding hydrogens is 246 g/mol. The van der Waals surface area contributed by atoms with E-state index in [9.17, 15) is 0 Å². The molecule has 20 heavy (non-hydrogen) atoms. The van der Waals surface area contributed by atoms with Crippen molar-refractivity contribution in [1.82, 2.24) is 15.1 Å². The highest BCUT2D eigenvalue weighted by molar-refractivity contribution is 5.34. The van der Waals surface area contributed by atoms with E-state index in [0.29, 0.717) is 12.1 Å². The van der Waals surface area contributed by atoms with Crippen molar-refractivity contribution in [3.63, 3.8) is 0 Å². The third-order valence-electron chi connectivity index (χ3n) is 5.19. The maximum absolute atomic E-state index is 3.58. The molecule has 1 aromatic rings. The first-order chi connectivity index (χ1) is 9.70. The molecule has 3 rings (SSSR count). The summed E-state index contributed by atoms with van der Waals surface area (Å²) >= 11 is 0. The molecule has 3 heteroatoms. The molecular formula is C17H27N3. The van der Waals surface area contributed by atoms with Crippen molar-refractivity contribution in [1.29, 1.82) is 0 Å². The van der Waals surface area contributed by atoms with Crippen molar-refractivity contribution >= 4 is 0 Å². The van der Waals surface area contributed by atoms with E-state index in [1.165, 1.54) is 43.5 Å². The van der Waals surface area contributed by atoms with Gasteiger partial charge < -0.3 is 10.2 Å². The van der Waals surface area contributed by atoms with Gasteiger partial charge in [0.1, 0.15) is 0 Å². The summed E-state index contributed by atoms with van der Waals surface area (Å²) in [6.07, 6.45) is 3.81. The highest BCUT2D eigenvalue weighted by atomic mass is 15.3. The molecule has 1 fully saturated rings. The van der Waals surface area contributed by atoms with Crippen molar-refractivity contribution in [2.45, 2.75) is 37.4 Å². The van der Waals surface area contributed by atoms with E-state index >= 15 is 0 Å². The zero-order chi connectivity index (χ0) is 14.1. The first kappa shape index (κ1) is 14.1. The lowest BCUT2D eigenvalue weighted by molar-refractivity contribution is 0.163. The third-order valence-corrected chi connectivity index (χ3v) is 5.19. The molecule has 1 aliphatic heterocycles. The second kappa shape index (κ2) is 5.84. The number of likely N-dealkylation sites (tertiary alicyclic amines) is 1. The summed E-state index contributed by atoms with van der Waals surface area (Å²) in [7, 11) is 6.53. The number of aryl methyl sites for hydroxylation is 1. The van der Waals surface area contributed by atoms with Gasteiger partial charge >= 0.3 is 0 Å². The Morgan fingerprint density at radius 1 is 1.20 bits per heavy atom. The van der Waals surface area contributed by atoms with Crippen LogP contribution in [0.2, 0.25) is 0 Å². The number of nitrogens with one attached hydrogen (secondary N) is 1. The van der Waals surface area contributed by atoms with Crippen molar-refractivity contribution < 1.29 is 0 Å². The largest absolute Gasteiger partial charge is 0.312 e. The lowest BCUT2D eigenvalue weighted by atomic mass is 9.83. The van der Waals surface area contributed by atoms with Crippen LogP contribution in [0.3, 0.4) is 0 Å². The number of hydrogen-bond donors (Lipinski definition) is 1. The Balaban J connectivity index is 1.78. The molecule has 2 aliphatic rings. The fraction of sp³-hybridized carbons (Fsp3) is 0.647. The van der Waals surface area contributed by atoms with Crippen LogP contribution in [-0.2, 0) is 6.42 Å². The summed E-state index contributed by atoms with van der Waals surface area (Å²) in [5, 5.41) is 3.58. The molecule has 1 saturated heterocycles. The van der Waals surface area contributed by atoms with Gasteiger partial charge in [0.25, 0.3) is 0 Å². The van der Waals surface area contributed by atoms with Gasteiger partial charge in [-0.3, -0.25) is 4.90 Å². The number of fused-ring (bicyclic) bond motifs is 1. The van der Waals surface area contributed by atoms with Crippen LogP contribution in [0.15, 0.2) is 24.3 Å². The first-order valence-corrected chi connectivity index (χ1v) is 7.86. The van der Waals surface area contributed by atoms with Gasteiger partial charge in [-0.05, 0) is 51.5 Å². The number of hydrogen-bond acceptors (Lipinski definition) is 3. The third kappa shape index (κ3) is 2.50. The van der Waals surface area contributed by atoms with E-state index in [1.54, 1.807) is 0 Å². The number of benzene rings is 1. The average Bonchev–Trinajstić information content (AvgIpc) is 2.95. The van der Waals surface area contributed by atoms with Crippen LogP contribution in [0.1, 0.15) is 30.0 Å². The topological polar surface area (TPSA) is 18.5 Å². The van der Waals surface area contributed by atoms with Crippen molar-refractivity contribution in [2.75, 3.05) is 34.2 Å². The maximum Gasteiger partial charge on any atom is 0.0478 e. The monoisotopic (exact) mass is 273 g/mol. The normalized spacial score (nSPS) is 30.7. The smallest absolute Gasteiger partial charge is 0.0478 e. The molecule has 3 atom stereocenters. The maximum atomic E-state index is 3.58. The molecule has 1 aliphatic carbocycles. The molecule has 1 aromatic carbocycles. The van der Waals surface area contributed by atoms with Crippen LogP contribution in [0.5, 0.6) is 0 Å². The second-order valence-corrected chi connectivity index (χ2v) is 6.47. The van der Waals surface area contributed by atoms with Gasteiger partial charge in [0, 0.05) is 31.2 Å². The fourth-order valence-corrected chi connectivity index (χ4v) is 3.97. The van der Waals surface area contributed by atoms with Crippen LogP contribution in [-0.4, -0.2) is 56.1 Å². The minimum Gasteiger partial charge on any atom is -0.312 e. The van der Waals surface area contributed by atoms with E-state index in [0.717, 1.165) is 6.04 Å². The van der Waals surface area contributed by atoms with Crippen LogP contribution < -0.4 is 5.32 Å². The summed E-state index contributed by atoms with van der Waals surface area (Å²) in [6, 6.07) is 10.8. The lowest BCUT2D eigenvalue weighted by Crippen LogP contribution is -2.46. The molecule has 0 bridgehead atoms. The Morgan fingerprint density at radius 2 is 2.00 bits per heavy atom. The zero-order valence-corrected chi connectivity index (χ0v) is 13.0. The Bertz CT molecular complexity index is 457. The number of nitrogens with zero attached hydrogens (tertiary/aromatic N) is 2. The van der Waals surface area contributed by atoms with Crippen molar-refractivity contribution in [2.24, 2.45) is 0 Å². The Morgan fingerprint density at radius 3 is 2.70 bits per heavy atom. The van der Waals surface area contributed by atoms with E-state index in [2.05, 4.69) is 60.5 Å². The summed E-state index contributed by atoms with van der Waals surface area (Å²) in [6.45, 7) is 2.46. The Kier molecular flexibility index (Phi) is 4.11. The highest BCUT2D eigenvalue weighted by Gasteiger charge is 2.36. The standard InChI is InChI=1S/C17H27N3/c1-18-17-15-7-5-4-6-13(15)8-9-16(17)20-11-10-14(12-20)19(2)3/h4-7,14,16-18H,8-12H2,1-3H3. The van der Waals surface area contributed by atoms with Crippen LogP contribution in [0.4, 0.5) is 0 Å². The molecule has 0 radical (unpaired) electrons. The van der Waals surface area contributed by atoms with E-state index in [-0.39, 0.29) is 0 Å². The van der Waals surface area contributed by atoms with Crippen molar-refractivity contribution in [3.05, 3.63) is 35.4 Å². The van der Waals surface area contributed by atoms with E-state index in [1.807, 2.05) is 0 Å². The molecule has 110 valence electrons. The minimum absolute atomic E-state index is 0.487. The molecule has 1 N–H and O–H groups in total. The van der Waals surface area contributed by atoms with Gasteiger partial charge in [0.2, 0.25) is 0 Å². The predicted octanol–water partition coefficient (Wildman–Crippen LogP) is 1.90. The summed E-state index contributed by atoms with van der Waals surface area (Å²) in [5.74, 6) is 0. The Hall–Kier alpha value is -0.900. The quantitative estimate of drug-likeness (QED) is 0.907. The van der Waals surface area contributed by atoms with Crippen molar-refractivity contribution in [3.8, 4) is 0 Å². The molecule has 0 saturated carbocycles. The van der Waals surface area contributed by atoms with E-state index < -0.39 is 0 Å². The van der Waals surface area contributed by atoms with E-state index in [4.69, 9.17) is 0 Å². The fourth-order valence-electron chi connectivity index (χ4n) is 3.97. The first-order valence-electron chi connectivity index (χ1n) is 7.86. The molecule has 1 heterocycles. The van der Waals surface area contributed by atoms with Crippen LogP contribution in [0, 0.1) is 0 Å². The molecule has 3 unspecified atom stereocenters. The van der Waals surface area contributed by atoms with Gasteiger partial charge in [-0.25, -0.2) is 0 Å². The summed E-state index contributed by atoms with van der Waals surface area (Å²) in [5.41, 5.74) is 3.05. The van der Waals surface area contributed by atoms with Crippen LogP contribution >= 0.6 is 0 Å². The highest BCUT2D eigenvalue weighted by Crippen LogP contribution is 2.34. The van der Waals surface area contributed by atoms with Gasteiger partial charge in [0.05, 0.1) is 0 Å². The van der Waals surface area contributed by atoms with Gasteiger partial charge in [-0.15, -0.1) is 0 Å². The zero-order valence-electron chi connectivity index (χ0n) is 13.0. The summed E-state index contributed by atoms with van der Waals surface area (Å²) in [4.78, 5) is 5.09. The minimum atomic E-state index is 0.487.